The fraction of sp³-hybridized carbons (Fsp3) is 0.333. The van der Waals surface area contributed by atoms with Gasteiger partial charge in [-0.1, -0.05) is 18.2 Å². The highest BCUT2D eigenvalue weighted by atomic mass is 16.6. The number of benzene rings is 2. The molecule has 7 nitrogen and oxygen atoms in total. The first kappa shape index (κ1) is 18.2. The highest BCUT2D eigenvalue weighted by molar-refractivity contribution is 5.76. The zero-order valence-corrected chi connectivity index (χ0v) is 15.7. The molecule has 1 aliphatic heterocycles. The van der Waals surface area contributed by atoms with Crippen molar-refractivity contribution in [2.24, 2.45) is 0 Å². The molecule has 0 unspecified atom stereocenters. The molecule has 0 spiro atoms. The van der Waals surface area contributed by atoms with E-state index in [1.807, 2.05) is 36.4 Å². The van der Waals surface area contributed by atoms with Crippen LogP contribution in [0.3, 0.4) is 0 Å². The van der Waals surface area contributed by atoms with Gasteiger partial charge in [0.2, 0.25) is 5.91 Å². The van der Waals surface area contributed by atoms with E-state index in [1.54, 1.807) is 22.6 Å². The predicted octanol–water partition coefficient (Wildman–Crippen LogP) is 2.80. The molecule has 146 valence electrons. The summed E-state index contributed by atoms with van der Waals surface area (Å²) < 4.78 is 17.9. The van der Waals surface area contributed by atoms with Crippen molar-refractivity contribution < 1.29 is 18.7 Å². The first-order valence-electron chi connectivity index (χ1n) is 9.33. The molecule has 0 atom stereocenters. The predicted molar refractivity (Wildman–Crippen MR) is 104 cm³/mol. The highest BCUT2D eigenvalue weighted by Crippen LogP contribution is 2.31. The molecule has 4 rings (SSSR count). The van der Waals surface area contributed by atoms with Gasteiger partial charge in [-0.2, -0.15) is 0 Å². The van der Waals surface area contributed by atoms with Crippen LogP contribution < -0.4 is 15.2 Å². The minimum atomic E-state index is -0.390. The smallest absolute Gasteiger partial charge is 0.419 e. The number of carbonyl (C=O) groups excluding carboxylic acids is 1. The lowest BCUT2D eigenvalue weighted by molar-refractivity contribution is -0.130. The fourth-order valence-corrected chi connectivity index (χ4v) is 3.35. The molecule has 0 bridgehead atoms. The Morgan fingerprint density at radius 2 is 1.89 bits per heavy atom. The first-order valence-corrected chi connectivity index (χ1v) is 9.33. The lowest BCUT2D eigenvalue weighted by Crippen LogP contribution is -2.26. The third-order valence-electron chi connectivity index (χ3n) is 4.80. The monoisotopic (exact) mass is 382 g/mol. The molecule has 1 amide bonds. The maximum atomic E-state index is 12.5. The highest BCUT2D eigenvalue weighted by Gasteiger charge is 2.15. The van der Waals surface area contributed by atoms with Crippen LogP contribution in [-0.2, 0) is 17.9 Å². The van der Waals surface area contributed by atoms with Gasteiger partial charge in [-0.05, 0) is 36.2 Å². The molecule has 7 heteroatoms. The number of ether oxygens (including phenoxy) is 2. The zero-order valence-electron chi connectivity index (χ0n) is 15.7. The van der Waals surface area contributed by atoms with E-state index < -0.39 is 5.76 Å². The summed E-state index contributed by atoms with van der Waals surface area (Å²) in [5.74, 6) is 1.09. The third-order valence-corrected chi connectivity index (χ3v) is 4.80. The molecular formula is C21H22N2O5. The summed E-state index contributed by atoms with van der Waals surface area (Å²) in [5.41, 5.74) is 2.30. The summed E-state index contributed by atoms with van der Waals surface area (Å²) in [6.07, 6.45) is 0.917. The number of aryl methyl sites for hydroxylation is 1. The van der Waals surface area contributed by atoms with Crippen LogP contribution in [0.25, 0.3) is 11.1 Å². The molecule has 0 N–H and O–H groups in total. The Morgan fingerprint density at radius 3 is 2.75 bits per heavy atom. The van der Waals surface area contributed by atoms with Crippen LogP contribution in [0, 0.1) is 0 Å². The van der Waals surface area contributed by atoms with Gasteiger partial charge in [0.1, 0.15) is 13.2 Å². The number of carbonyl (C=O) groups is 1. The van der Waals surface area contributed by atoms with Gasteiger partial charge in [-0.3, -0.25) is 9.36 Å². The number of oxazole rings is 1. The Bertz CT molecular complexity index is 1050. The molecule has 3 aromatic rings. The quantitative estimate of drug-likeness (QED) is 0.655. The molecule has 0 saturated carbocycles. The fourth-order valence-electron chi connectivity index (χ4n) is 3.35. The number of amides is 1. The number of para-hydroxylation sites is 2. The molecule has 0 radical (unpaired) electrons. The lowest BCUT2D eigenvalue weighted by atomic mass is 10.1. The molecule has 0 saturated heterocycles. The average molecular weight is 382 g/mol. The summed E-state index contributed by atoms with van der Waals surface area (Å²) in [7, 11) is 1.78. The van der Waals surface area contributed by atoms with E-state index in [9.17, 15) is 9.59 Å². The van der Waals surface area contributed by atoms with Crippen LogP contribution in [0.2, 0.25) is 0 Å². The topological polar surface area (TPSA) is 73.9 Å². The largest absolute Gasteiger partial charge is 0.486 e. The summed E-state index contributed by atoms with van der Waals surface area (Å²) in [6.45, 7) is 2.02. The number of hydrogen-bond donors (Lipinski definition) is 0. The number of rotatable bonds is 6. The van der Waals surface area contributed by atoms with Crippen molar-refractivity contribution in [3.8, 4) is 11.5 Å². The van der Waals surface area contributed by atoms with Crippen molar-refractivity contribution in [1.29, 1.82) is 0 Å². The van der Waals surface area contributed by atoms with E-state index in [4.69, 9.17) is 13.9 Å². The molecule has 1 aromatic heterocycles. The Balaban J connectivity index is 1.33. The number of fused-ring (bicyclic) bond motifs is 2. The van der Waals surface area contributed by atoms with Crippen LogP contribution in [0.15, 0.2) is 51.7 Å². The Morgan fingerprint density at radius 1 is 1.11 bits per heavy atom. The summed E-state index contributed by atoms with van der Waals surface area (Å²) in [6, 6.07) is 13.0. The van der Waals surface area contributed by atoms with E-state index in [2.05, 4.69) is 0 Å². The van der Waals surface area contributed by atoms with E-state index >= 15 is 0 Å². The maximum absolute atomic E-state index is 12.5. The minimum absolute atomic E-state index is 0.0238. The van der Waals surface area contributed by atoms with Crippen LogP contribution >= 0.6 is 0 Å². The normalized spacial score (nSPS) is 12.9. The SMILES string of the molecule is CN(Cc1ccc2c(c1)OCCO2)C(=O)CCCn1c(=O)oc2ccccc21. The van der Waals surface area contributed by atoms with E-state index in [-0.39, 0.29) is 5.91 Å². The second-order valence-corrected chi connectivity index (χ2v) is 6.82. The van der Waals surface area contributed by atoms with Gasteiger partial charge < -0.3 is 18.8 Å². The van der Waals surface area contributed by atoms with Crippen molar-refractivity contribution in [2.75, 3.05) is 20.3 Å². The van der Waals surface area contributed by atoms with Crippen molar-refractivity contribution in [2.45, 2.75) is 25.9 Å². The Kier molecular flexibility index (Phi) is 5.06. The van der Waals surface area contributed by atoms with E-state index in [0.717, 1.165) is 22.6 Å². The standard InChI is InChI=1S/C21H22N2O5/c1-22(14-15-8-9-18-19(13-15)27-12-11-26-18)20(24)7-4-10-23-16-5-2-3-6-17(16)28-21(23)25/h2-3,5-6,8-9,13H,4,7,10-12,14H2,1H3. The second kappa shape index (κ2) is 7.80. The van der Waals surface area contributed by atoms with Crippen molar-refractivity contribution in [3.05, 3.63) is 58.6 Å². The van der Waals surface area contributed by atoms with Gasteiger partial charge in [0.05, 0.1) is 5.52 Å². The van der Waals surface area contributed by atoms with Crippen molar-refractivity contribution in [3.63, 3.8) is 0 Å². The number of hydrogen-bond acceptors (Lipinski definition) is 5. The zero-order chi connectivity index (χ0) is 19.5. The Labute approximate surface area is 162 Å². The number of aromatic nitrogens is 1. The number of nitrogens with zero attached hydrogens (tertiary/aromatic N) is 2. The van der Waals surface area contributed by atoms with Gasteiger partial charge in [0, 0.05) is 26.6 Å². The van der Waals surface area contributed by atoms with E-state index in [0.29, 0.717) is 44.7 Å². The van der Waals surface area contributed by atoms with Gasteiger partial charge in [-0.15, -0.1) is 0 Å². The van der Waals surface area contributed by atoms with Crippen LogP contribution in [-0.4, -0.2) is 35.6 Å². The molecule has 0 aliphatic carbocycles. The Hall–Kier alpha value is -3.22. The molecule has 2 heterocycles. The van der Waals surface area contributed by atoms with Crippen LogP contribution in [0.5, 0.6) is 11.5 Å². The molecule has 1 aliphatic rings. The summed E-state index contributed by atoms with van der Waals surface area (Å²) >= 11 is 0. The lowest BCUT2D eigenvalue weighted by Gasteiger charge is -2.21. The average Bonchev–Trinajstić information content (AvgIpc) is 3.03. The van der Waals surface area contributed by atoms with Crippen LogP contribution in [0.4, 0.5) is 0 Å². The summed E-state index contributed by atoms with van der Waals surface area (Å²) in [4.78, 5) is 26.1. The first-order chi connectivity index (χ1) is 13.6. The van der Waals surface area contributed by atoms with Gasteiger partial charge >= 0.3 is 5.76 Å². The van der Waals surface area contributed by atoms with Gasteiger partial charge in [0.15, 0.2) is 17.1 Å². The van der Waals surface area contributed by atoms with Crippen LogP contribution in [0.1, 0.15) is 18.4 Å². The molecule has 0 fully saturated rings. The van der Waals surface area contributed by atoms with Crippen molar-refractivity contribution in [1.82, 2.24) is 9.47 Å². The third kappa shape index (κ3) is 3.74. The van der Waals surface area contributed by atoms with Gasteiger partial charge in [0.25, 0.3) is 0 Å². The molecular weight excluding hydrogens is 360 g/mol. The second-order valence-electron chi connectivity index (χ2n) is 6.82. The molecule has 28 heavy (non-hydrogen) atoms. The van der Waals surface area contributed by atoms with Gasteiger partial charge in [-0.25, -0.2) is 4.79 Å². The molecule has 2 aromatic carbocycles. The summed E-state index contributed by atoms with van der Waals surface area (Å²) in [5, 5.41) is 0. The van der Waals surface area contributed by atoms with E-state index in [1.165, 1.54) is 0 Å². The van der Waals surface area contributed by atoms with Crippen molar-refractivity contribution >= 4 is 17.0 Å². The maximum Gasteiger partial charge on any atom is 0.419 e. The minimum Gasteiger partial charge on any atom is -0.486 e.